The Kier molecular flexibility index (Phi) is 5.79. The fourth-order valence-corrected chi connectivity index (χ4v) is 4.97. The van der Waals surface area contributed by atoms with Crippen LogP contribution in [0.2, 0.25) is 0 Å². The Morgan fingerprint density at radius 3 is 2.76 bits per heavy atom. The molecule has 1 spiro atoms. The van der Waals surface area contributed by atoms with E-state index in [4.69, 9.17) is 14.2 Å². The van der Waals surface area contributed by atoms with Crippen LogP contribution in [0, 0.1) is 0 Å². The number of piperidine rings is 1. The molecule has 3 heterocycles. The predicted octanol–water partition coefficient (Wildman–Crippen LogP) is 0.785. The fourth-order valence-electron chi connectivity index (χ4n) is 3.56. The average Bonchev–Trinajstić information content (AvgIpc) is 3.03. The van der Waals surface area contributed by atoms with E-state index in [2.05, 4.69) is 4.98 Å². The summed E-state index contributed by atoms with van der Waals surface area (Å²) >= 11 is 0. The molecular weight excluding hydrogens is 346 g/mol. The molecule has 1 unspecified atom stereocenters. The molecule has 3 rings (SSSR count). The van der Waals surface area contributed by atoms with Gasteiger partial charge in [0.1, 0.15) is 0 Å². The largest absolute Gasteiger partial charge is 0.382 e. The van der Waals surface area contributed by atoms with Gasteiger partial charge in [0.25, 0.3) is 10.0 Å². The number of imidazole rings is 1. The molecule has 0 bridgehead atoms. The second-order valence-corrected chi connectivity index (χ2v) is 8.68. The highest BCUT2D eigenvalue weighted by Crippen LogP contribution is 2.37. The van der Waals surface area contributed by atoms with E-state index in [1.807, 2.05) is 0 Å². The number of rotatable bonds is 6. The molecule has 1 aromatic heterocycles. The lowest BCUT2D eigenvalue weighted by molar-refractivity contribution is -0.152. The van der Waals surface area contributed by atoms with Crippen molar-refractivity contribution in [2.75, 3.05) is 40.0 Å². The minimum atomic E-state index is -3.53. The molecule has 0 radical (unpaired) electrons. The van der Waals surface area contributed by atoms with Gasteiger partial charge >= 0.3 is 0 Å². The molecule has 1 aromatic rings. The van der Waals surface area contributed by atoms with Crippen molar-refractivity contribution in [1.29, 1.82) is 0 Å². The standard InChI is InChI=1S/C16H27N3O5S/c1-18-12-15(17-13-18)25(20,21)19-6-4-16(5-7-19)11-14(3-8-24-16)23-10-9-22-2/h12-14H,3-11H2,1-2H3. The van der Waals surface area contributed by atoms with Gasteiger partial charge in [-0.25, -0.2) is 13.4 Å². The molecule has 9 heteroatoms. The van der Waals surface area contributed by atoms with Crippen molar-refractivity contribution in [3.05, 3.63) is 12.5 Å². The zero-order valence-electron chi connectivity index (χ0n) is 14.9. The maximum atomic E-state index is 12.7. The lowest BCUT2D eigenvalue weighted by atomic mass is 9.84. The van der Waals surface area contributed by atoms with Gasteiger partial charge in [0, 0.05) is 46.5 Å². The summed E-state index contributed by atoms with van der Waals surface area (Å²) in [5, 5.41) is 0.108. The Hall–Kier alpha value is -1.00. The summed E-state index contributed by atoms with van der Waals surface area (Å²) in [4.78, 5) is 3.99. The van der Waals surface area contributed by atoms with Gasteiger partial charge in [-0.2, -0.15) is 4.31 Å². The molecule has 2 saturated heterocycles. The number of hydrogen-bond acceptors (Lipinski definition) is 6. The van der Waals surface area contributed by atoms with Crippen molar-refractivity contribution in [2.24, 2.45) is 7.05 Å². The van der Waals surface area contributed by atoms with Crippen LogP contribution in [0.25, 0.3) is 0 Å². The molecule has 0 saturated carbocycles. The van der Waals surface area contributed by atoms with Gasteiger partial charge < -0.3 is 18.8 Å². The van der Waals surface area contributed by atoms with Crippen LogP contribution in [0.15, 0.2) is 17.6 Å². The summed E-state index contributed by atoms with van der Waals surface area (Å²) in [6, 6.07) is 0. The number of hydrogen-bond donors (Lipinski definition) is 0. The van der Waals surface area contributed by atoms with Crippen LogP contribution in [0.5, 0.6) is 0 Å². The van der Waals surface area contributed by atoms with Gasteiger partial charge in [0.05, 0.1) is 31.2 Å². The maximum Gasteiger partial charge on any atom is 0.262 e. The van der Waals surface area contributed by atoms with Gasteiger partial charge in [0.2, 0.25) is 0 Å². The van der Waals surface area contributed by atoms with E-state index in [1.165, 1.54) is 16.8 Å². The molecule has 2 fully saturated rings. The Morgan fingerprint density at radius 2 is 2.12 bits per heavy atom. The molecule has 0 amide bonds. The summed E-state index contributed by atoms with van der Waals surface area (Å²) in [6.45, 7) is 2.72. The fraction of sp³-hybridized carbons (Fsp3) is 0.812. The van der Waals surface area contributed by atoms with Crippen LogP contribution in [0.4, 0.5) is 0 Å². The van der Waals surface area contributed by atoms with E-state index in [-0.39, 0.29) is 16.7 Å². The molecule has 2 aliphatic heterocycles. The molecule has 25 heavy (non-hydrogen) atoms. The Morgan fingerprint density at radius 1 is 1.36 bits per heavy atom. The monoisotopic (exact) mass is 373 g/mol. The third-order valence-corrected chi connectivity index (χ3v) is 6.79. The Bertz CT molecular complexity index is 667. The number of aromatic nitrogens is 2. The van der Waals surface area contributed by atoms with E-state index >= 15 is 0 Å². The van der Waals surface area contributed by atoms with Gasteiger partial charge in [-0.05, 0) is 19.3 Å². The van der Waals surface area contributed by atoms with E-state index in [9.17, 15) is 8.42 Å². The van der Waals surface area contributed by atoms with E-state index in [0.717, 1.165) is 12.8 Å². The van der Waals surface area contributed by atoms with Crippen molar-refractivity contribution in [3.63, 3.8) is 0 Å². The van der Waals surface area contributed by atoms with Crippen molar-refractivity contribution < 1.29 is 22.6 Å². The lowest BCUT2D eigenvalue weighted by Gasteiger charge is -2.45. The van der Waals surface area contributed by atoms with Gasteiger partial charge in [-0.3, -0.25) is 0 Å². The Balaban J connectivity index is 1.59. The van der Waals surface area contributed by atoms with Crippen LogP contribution in [0.1, 0.15) is 25.7 Å². The highest BCUT2D eigenvalue weighted by Gasteiger charge is 2.43. The molecule has 142 valence electrons. The van der Waals surface area contributed by atoms with Crippen molar-refractivity contribution >= 4 is 10.0 Å². The summed E-state index contributed by atoms with van der Waals surface area (Å²) in [5.41, 5.74) is -0.272. The number of sulfonamides is 1. The first-order valence-electron chi connectivity index (χ1n) is 8.68. The minimum Gasteiger partial charge on any atom is -0.382 e. The third kappa shape index (κ3) is 4.22. The zero-order valence-corrected chi connectivity index (χ0v) is 15.7. The number of ether oxygens (including phenoxy) is 3. The average molecular weight is 373 g/mol. The van der Waals surface area contributed by atoms with Crippen molar-refractivity contribution in [3.8, 4) is 0 Å². The highest BCUT2D eigenvalue weighted by atomic mass is 32.2. The summed E-state index contributed by atoms with van der Waals surface area (Å²) in [5.74, 6) is 0. The van der Waals surface area contributed by atoms with Gasteiger partial charge in [-0.1, -0.05) is 0 Å². The topological polar surface area (TPSA) is 82.9 Å². The highest BCUT2D eigenvalue weighted by molar-refractivity contribution is 7.89. The second kappa shape index (κ2) is 7.71. The quantitative estimate of drug-likeness (QED) is 0.686. The molecule has 0 N–H and O–H groups in total. The summed E-state index contributed by atoms with van der Waals surface area (Å²) in [7, 11) is -0.110. The number of aryl methyl sites for hydroxylation is 1. The second-order valence-electron chi connectivity index (χ2n) is 6.79. The van der Waals surface area contributed by atoms with Gasteiger partial charge in [0.15, 0.2) is 5.03 Å². The molecule has 2 aliphatic rings. The van der Waals surface area contributed by atoms with Gasteiger partial charge in [-0.15, -0.1) is 0 Å². The first-order chi connectivity index (χ1) is 12.0. The maximum absolute atomic E-state index is 12.7. The first-order valence-corrected chi connectivity index (χ1v) is 10.1. The zero-order chi connectivity index (χ0) is 17.9. The normalized spacial score (nSPS) is 24.6. The Labute approximate surface area is 149 Å². The molecule has 8 nitrogen and oxygen atoms in total. The van der Waals surface area contributed by atoms with Crippen LogP contribution >= 0.6 is 0 Å². The smallest absolute Gasteiger partial charge is 0.262 e. The molecule has 1 atom stereocenters. The van der Waals surface area contributed by atoms with E-state index in [1.54, 1.807) is 18.7 Å². The number of methoxy groups -OCH3 is 1. The predicted molar refractivity (Wildman–Crippen MR) is 90.7 cm³/mol. The van der Waals surface area contributed by atoms with Crippen LogP contribution < -0.4 is 0 Å². The molecular formula is C16H27N3O5S. The van der Waals surface area contributed by atoms with Crippen LogP contribution in [-0.2, 0) is 31.3 Å². The molecule has 0 aliphatic carbocycles. The number of nitrogens with zero attached hydrogens (tertiary/aromatic N) is 3. The minimum absolute atomic E-state index is 0.108. The summed E-state index contributed by atoms with van der Waals surface area (Å²) < 4.78 is 45.5. The lowest BCUT2D eigenvalue weighted by Crippen LogP contribution is -2.52. The first kappa shape index (κ1) is 18.8. The molecule has 0 aromatic carbocycles. The van der Waals surface area contributed by atoms with Crippen LogP contribution in [0.3, 0.4) is 0 Å². The van der Waals surface area contributed by atoms with Crippen molar-refractivity contribution in [2.45, 2.75) is 42.4 Å². The SMILES string of the molecule is COCCOC1CCOC2(CCN(S(=O)(=O)c3cn(C)cn3)CC2)C1. The van der Waals surface area contributed by atoms with E-state index in [0.29, 0.717) is 45.8 Å². The summed E-state index contributed by atoms with van der Waals surface area (Å²) in [6.07, 6.45) is 6.26. The van der Waals surface area contributed by atoms with Crippen molar-refractivity contribution in [1.82, 2.24) is 13.9 Å². The van der Waals surface area contributed by atoms with Crippen LogP contribution in [-0.4, -0.2) is 74.0 Å². The van der Waals surface area contributed by atoms with E-state index < -0.39 is 10.0 Å². The third-order valence-electron chi connectivity index (χ3n) is 5.01.